The second-order valence-electron chi connectivity index (χ2n) is 9.92. The van der Waals surface area contributed by atoms with Crippen LogP contribution in [0.1, 0.15) is 65.5 Å². The minimum Gasteiger partial charge on any atom is -0.310 e. The maximum Gasteiger partial charge on any atom is 0.0669 e. The molecule has 0 radical (unpaired) electrons. The Morgan fingerprint density at radius 3 is 2.11 bits per heavy atom. The van der Waals surface area contributed by atoms with Gasteiger partial charge in [0.15, 0.2) is 0 Å². The molecule has 0 bridgehead atoms. The van der Waals surface area contributed by atoms with Gasteiger partial charge in [-0.25, -0.2) is 0 Å². The summed E-state index contributed by atoms with van der Waals surface area (Å²) in [5, 5.41) is 0. The fourth-order valence-electron chi connectivity index (χ4n) is 3.30. The summed E-state index contributed by atoms with van der Waals surface area (Å²) in [6, 6.07) is 17.3. The Labute approximate surface area is 185 Å². The molecule has 1 nitrogen and oxygen atoms in total. The number of hydrogen-bond acceptors (Lipinski definition) is 2. The summed E-state index contributed by atoms with van der Waals surface area (Å²) in [6.07, 6.45) is 2.24. The minimum atomic E-state index is 0.0954. The molecule has 0 fully saturated rings. The molecule has 2 aromatic rings. The summed E-state index contributed by atoms with van der Waals surface area (Å²) in [7, 11) is 0. The molecule has 1 atom stereocenters. The number of hydrogen-bond donors (Lipinski definition) is 0. The molecule has 0 amide bonds. The second kappa shape index (κ2) is 9.36. The van der Waals surface area contributed by atoms with Gasteiger partial charge in [0.05, 0.1) is 6.61 Å². The molecule has 0 aromatic heterocycles. The minimum absolute atomic E-state index is 0.0954. The Morgan fingerprint density at radius 1 is 0.893 bits per heavy atom. The highest BCUT2D eigenvalue weighted by Gasteiger charge is 2.40. The maximum atomic E-state index is 6.01. The summed E-state index contributed by atoms with van der Waals surface area (Å²) >= 11 is 5.14. The van der Waals surface area contributed by atoms with Gasteiger partial charge in [-0.05, 0) is 65.8 Å². The van der Waals surface area contributed by atoms with E-state index in [-0.39, 0.29) is 16.2 Å². The Morgan fingerprint density at radius 2 is 1.54 bits per heavy atom. The smallest absolute Gasteiger partial charge is 0.0669 e. The van der Waals surface area contributed by atoms with Gasteiger partial charge >= 0.3 is 0 Å². The topological polar surface area (TPSA) is 9.23 Å². The third-order valence-corrected chi connectivity index (χ3v) is 7.24. The highest BCUT2D eigenvalue weighted by molar-refractivity contribution is 9.10. The molecule has 2 rings (SSSR count). The molecule has 0 aliphatic rings. The summed E-state index contributed by atoms with van der Waals surface area (Å²) in [4.78, 5) is 1.16. The quantitative estimate of drug-likeness (QED) is 0.363. The zero-order chi connectivity index (χ0) is 21.0. The molecule has 3 heteroatoms. The lowest BCUT2D eigenvalue weighted by Crippen LogP contribution is -2.38. The van der Waals surface area contributed by atoms with Crippen molar-refractivity contribution in [1.29, 1.82) is 0 Å². The fraction of sp³-hybridized carbons (Fsp3) is 0.520. The van der Waals surface area contributed by atoms with E-state index < -0.39 is 0 Å². The third kappa shape index (κ3) is 6.37. The zero-order valence-corrected chi connectivity index (χ0v) is 20.8. The first kappa shape index (κ1) is 23.5. The van der Waals surface area contributed by atoms with Crippen LogP contribution in [0.4, 0.5) is 0 Å². The molecule has 0 heterocycles. The van der Waals surface area contributed by atoms with Gasteiger partial charge < -0.3 is 4.18 Å². The first-order chi connectivity index (χ1) is 12.9. The lowest BCUT2D eigenvalue weighted by molar-refractivity contribution is 0.132. The number of benzene rings is 2. The average Bonchev–Trinajstić information content (AvgIpc) is 2.60. The van der Waals surface area contributed by atoms with E-state index in [0.29, 0.717) is 0 Å². The van der Waals surface area contributed by atoms with Crippen LogP contribution in [0.5, 0.6) is 0 Å². The SMILES string of the molecule is Cc1ccc(SOCC(C)(C)CCC(C)(c2cccc(Br)c2)C(C)(C)C)cc1. The van der Waals surface area contributed by atoms with E-state index in [1.54, 1.807) is 0 Å². The van der Waals surface area contributed by atoms with E-state index in [0.717, 1.165) is 28.8 Å². The van der Waals surface area contributed by atoms with Crippen molar-refractivity contribution in [3.05, 3.63) is 64.1 Å². The van der Waals surface area contributed by atoms with Crippen molar-refractivity contribution in [1.82, 2.24) is 0 Å². The lowest BCUT2D eigenvalue weighted by atomic mass is 9.60. The van der Waals surface area contributed by atoms with E-state index in [1.165, 1.54) is 23.2 Å². The van der Waals surface area contributed by atoms with Crippen LogP contribution in [0.3, 0.4) is 0 Å². The first-order valence-corrected chi connectivity index (χ1v) is 11.6. The Hall–Kier alpha value is -0.770. The van der Waals surface area contributed by atoms with Gasteiger partial charge in [0.1, 0.15) is 0 Å². The predicted octanol–water partition coefficient (Wildman–Crippen LogP) is 8.59. The van der Waals surface area contributed by atoms with Gasteiger partial charge in [0.25, 0.3) is 0 Å². The van der Waals surface area contributed by atoms with Crippen LogP contribution >= 0.6 is 28.0 Å². The van der Waals surface area contributed by atoms with Gasteiger partial charge in [0, 0.05) is 21.4 Å². The molecule has 2 aromatic carbocycles. The van der Waals surface area contributed by atoms with Crippen LogP contribution < -0.4 is 0 Å². The van der Waals surface area contributed by atoms with Crippen molar-refractivity contribution in [3.63, 3.8) is 0 Å². The molecule has 154 valence electrons. The van der Waals surface area contributed by atoms with Crippen LogP contribution in [-0.4, -0.2) is 6.61 Å². The van der Waals surface area contributed by atoms with Crippen molar-refractivity contribution in [2.75, 3.05) is 6.61 Å². The number of rotatable bonds is 8. The average molecular weight is 464 g/mol. The molecule has 0 spiro atoms. The van der Waals surface area contributed by atoms with E-state index in [2.05, 4.69) is 113 Å². The van der Waals surface area contributed by atoms with E-state index >= 15 is 0 Å². The number of aryl methyl sites for hydroxylation is 1. The first-order valence-electron chi connectivity index (χ1n) is 10.1. The molecule has 0 aliphatic heterocycles. The summed E-state index contributed by atoms with van der Waals surface area (Å²) < 4.78 is 7.16. The predicted molar refractivity (Wildman–Crippen MR) is 127 cm³/mol. The highest BCUT2D eigenvalue weighted by Crippen LogP contribution is 2.47. The van der Waals surface area contributed by atoms with E-state index in [1.807, 2.05) is 0 Å². The van der Waals surface area contributed by atoms with Crippen molar-refractivity contribution in [2.24, 2.45) is 10.8 Å². The maximum absolute atomic E-state index is 6.01. The molecule has 1 unspecified atom stereocenters. The van der Waals surface area contributed by atoms with Crippen LogP contribution in [0.2, 0.25) is 0 Å². The zero-order valence-electron chi connectivity index (χ0n) is 18.4. The molecular weight excluding hydrogens is 428 g/mol. The van der Waals surface area contributed by atoms with E-state index in [9.17, 15) is 0 Å². The van der Waals surface area contributed by atoms with Crippen molar-refractivity contribution in [2.45, 2.75) is 71.6 Å². The van der Waals surface area contributed by atoms with Gasteiger partial charge in [-0.2, -0.15) is 0 Å². The molecule has 0 aliphatic carbocycles. The molecular formula is C25H35BrOS. The van der Waals surface area contributed by atoms with Crippen molar-refractivity contribution in [3.8, 4) is 0 Å². The van der Waals surface area contributed by atoms with Crippen LogP contribution in [0.25, 0.3) is 0 Å². The Kier molecular flexibility index (Phi) is 7.86. The lowest BCUT2D eigenvalue weighted by Gasteiger charge is -2.44. The molecule has 0 saturated heterocycles. The summed E-state index contributed by atoms with van der Waals surface area (Å²) in [6.45, 7) is 16.9. The third-order valence-electron chi connectivity index (χ3n) is 6.04. The number of halogens is 1. The molecule has 28 heavy (non-hydrogen) atoms. The van der Waals surface area contributed by atoms with Gasteiger partial charge in [0.2, 0.25) is 0 Å². The standard InChI is InChI=1S/C25H35BrOS/c1-19-11-13-22(14-12-19)28-27-18-24(5,6)15-16-25(7,23(2,3)4)20-9-8-10-21(26)17-20/h8-14,17H,15-16,18H2,1-7H3. The van der Waals surface area contributed by atoms with Crippen molar-refractivity contribution < 1.29 is 4.18 Å². The summed E-state index contributed by atoms with van der Waals surface area (Å²) in [5.41, 5.74) is 3.06. The fourth-order valence-corrected chi connectivity index (χ4v) is 4.46. The van der Waals surface area contributed by atoms with Gasteiger partial charge in [-0.1, -0.05) is 87.3 Å². The van der Waals surface area contributed by atoms with Crippen LogP contribution in [0.15, 0.2) is 57.9 Å². The van der Waals surface area contributed by atoms with Gasteiger partial charge in [-0.15, -0.1) is 0 Å². The highest BCUT2D eigenvalue weighted by atomic mass is 79.9. The van der Waals surface area contributed by atoms with Gasteiger partial charge in [-0.3, -0.25) is 0 Å². The van der Waals surface area contributed by atoms with Crippen LogP contribution in [-0.2, 0) is 9.60 Å². The Bertz CT molecular complexity index is 761. The van der Waals surface area contributed by atoms with E-state index in [4.69, 9.17) is 4.18 Å². The second-order valence-corrected chi connectivity index (χ2v) is 11.7. The summed E-state index contributed by atoms with van der Waals surface area (Å²) in [5.74, 6) is 0. The Balaban J connectivity index is 2.01. The van der Waals surface area contributed by atoms with Crippen molar-refractivity contribution >= 4 is 28.0 Å². The largest absolute Gasteiger partial charge is 0.310 e. The normalized spacial score (nSPS) is 14.7. The molecule has 0 N–H and O–H groups in total. The molecule has 0 saturated carbocycles. The monoisotopic (exact) mass is 462 g/mol. The van der Waals surface area contributed by atoms with Crippen LogP contribution in [0, 0.1) is 17.8 Å².